The molecule has 0 saturated carbocycles. The number of benzene rings is 2. The number of nitrogens with zero attached hydrogens (tertiary/aromatic N) is 3. The Kier molecular flexibility index (Phi) is 5.28. The zero-order valence-electron chi connectivity index (χ0n) is 15.8. The Morgan fingerprint density at radius 1 is 1.07 bits per heavy atom. The van der Waals surface area contributed by atoms with Crippen molar-refractivity contribution in [3.8, 4) is 17.0 Å². The molecule has 2 aromatic carbocycles. The molecule has 2 heterocycles. The van der Waals surface area contributed by atoms with E-state index >= 15 is 0 Å². The van der Waals surface area contributed by atoms with Gasteiger partial charge in [-0.05, 0) is 42.9 Å². The topological polar surface area (TPSA) is 54.0 Å². The summed E-state index contributed by atoms with van der Waals surface area (Å²) in [7, 11) is 3.74. The Hall–Kier alpha value is -2.89. The summed E-state index contributed by atoms with van der Waals surface area (Å²) in [6, 6.07) is 16.0. The number of hydrogen-bond acceptors (Lipinski definition) is 4. The molecule has 5 nitrogen and oxygen atoms in total. The van der Waals surface area contributed by atoms with Crippen LogP contribution in [-0.4, -0.2) is 34.0 Å². The van der Waals surface area contributed by atoms with Gasteiger partial charge in [0.25, 0.3) is 0 Å². The molecule has 0 aliphatic carbocycles. The lowest BCUT2D eigenvalue weighted by Gasteiger charge is -2.18. The number of nitrogens with one attached hydrogen (secondary N) is 1. The van der Waals surface area contributed by atoms with Crippen LogP contribution >= 0.6 is 11.6 Å². The minimum absolute atomic E-state index is 0.711. The number of halogens is 1. The number of ether oxygens (including phenoxy) is 1. The maximum atomic E-state index is 6.08. The van der Waals surface area contributed by atoms with Crippen molar-refractivity contribution in [2.45, 2.75) is 13.1 Å². The fraction of sp³-hybridized carbons (Fsp3) is 0.182. The zero-order chi connectivity index (χ0) is 19.5. The van der Waals surface area contributed by atoms with Crippen LogP contribution in [0, 0.1) is 0 Å². The molecule has 0 atom stereocenters. The number of imidazole rings is 1. The van der Waals surface area contributed by atoms with Crippen LogP contribution in [0.2, 0.25) is 5.02 Å². The standard InChI is InChI=1S/C22H21ClN4O/c1-27(14-21-24-9-10-25-21)13-17-11-16-5-8-19(28-2)12-20(16)26-22(17)15-3-6-18(23)7-4-15/h3-12H,13-14H2,1-2H3,(H,24,25). The van der Waals surface area contributed by atoms with Gasteiger partial charge in [-0.1, -0.05) is 23.7 Å². The number of H-pyrrole nitrogens is 1. The molecular formula is C22H21ClN4O. The SMILES string of the molecule is COc1ccc2cc(CN(C)Cc3ncc[nH]3)c(-c3ccc(Cl)cc3)nc2c1. The van der Waals surface area contributed by atoms with Crippen molar-refractivity contribution in [1.29, 1.82) is 0 Å². The van der Waals surface area contributed by atoms with Gasteiger partial charge in [0.15, 0.2) is 0 Å². The molecule has 1 N–H and O–H groups in total. The average Bonchev–Trinajstić information content (AvgIpc) is 3.20. The van der Waals surface area contributed by atoms with E-state index in [4.69, 9.17) is 21.3 Å². The number of methoxy groups -OCH3 is 1. The molecule has 6 heteroatoms. The summed E-state index contributed by atoms with van der Waals surface area (Å²) in [5.74, 6) is 1.73. The molecule has 4 rings (SSSR count). The fourth-order valence-corrected chi connectivity index (χ4v) is 3.41. The van der Waals surface area contributed by atoms with E-state index in [1.54, 1.807) is 13.3 Å². The Morgan fingerprint density at radius 3 is 2.61 bits per heavy atom. The van der Waals surface area contributed by atoms with E-state index < -0.39 is 0 Å². The third kappa shape index (κ3) is 4.01. The molecule has 0 unspecified atom stereocenters. The molecule has 4 aromatic rings. The van der Waals surface area contributed by atoms with Crippen molar-refractivity contribution in [2.75, 3.05) is 14.2 Å². The molecule has 0 saturated heterocycles. The minimum Gasteiger partial charge on any atom is -0.497 e. The molecular weight excluding hydrogens is 372 g/mol. The molecule has 0 fully saturated rings. The summed E-state index contributed by atoms with van der Waals surface area (Å²) >= 11 is 6.08. The maximum Gasteiger partial charge on any atom is 0.121 e. The van der Waals surface area contributed by atoms with Gasteiger partial charge >= 0.3 is 0 Å². The van der Waals surface area contributed by atoms with Crippen LogP contribution in [0.25, 0.3) is 22.2 Å². The lowest BCUT2D eigenvalue weighted by molar-refractivity contribution is 0.312. The van der Waals surface area contributed by atoms with Gasteiger partial charge < -0.3 is 9.72 Å². The highest BCUT2D eigenvalue weighted by atomic mass is 35.5. The largest absolute Gasteiger partial charge is 0.497 e. The Bertz CT molecular complexity index is 1080. The van der Waals surface area contributed by atoms with E-state index in [0.717, 1.165) is 52.4 Å². The second-order valence-corrected chi connectivity index (χ2v) is 7.21. The molecule has 28 heavy (non-hydrogen) atoms. The first kappa shape index (κ1) is 18.5. The first-order valence-corrected chi connectivity index (χ1v) is 9.40. The van der Waals surface area contributed by atoms with E-state index in [0.29, 0.717) is 5.02 Å². The predicted molar refractivity (Wildman–Crippen MR) is 112 cm³/mol. The van der Waals surface area contributed by atoms with Crippen molar-refractivity contribution >= 4 is 22.5 Å². The lowest BCUT2D eigenvalue weighted by Crippen LogP contribution is -2.18. The highest BCUT2D eigenvalue weighted by molar-refractivity contribution is 6.30. The average molecular weight is 393 g/mol. The van der Waals surface area contributed by atoms with Gasteiger partial charge in [-0.15, -0.1) is 0 Å². The zero-order valence-corrected chi connectivity index (χ0v) is 16.6. The second kappa shape index (κ2) is 8.00. The summed E-state index contributed by atoms with van der Waals surface area (Å²) in [6.45, 7) is 1.47. The van der Waals surface area contributed by atoms with Crippen molar-refractivity contribution in [3.05, 3.63) is 77.3 Å². The van der Waals surface area contributed by atoms with E-state index in [1.807, 2.05) is 48.7 Å². The van der Waals surface area contributed by atoms with Gasteiger partial charge in [0, 0.05) is 41.0 Å². The first-order valence-electron chi connectivity index (χ1n) is 9.03. The highest BCUT2D eigenvalue weighted by Crippen LogP contribution is 2.29. The summed E-state index contributed by atoms with van der Waals surface area (Å²) in [5, 5.41) is 1.79. The lowest BCUT2D eigenvalue weighted by atomic mass is 10.0. The Balaban J connectivity index is 1.75. The van der Waals surface area contributed by atoms with Gasteiger partial charge in [0.05, 0.1) is 24.9 Å². The third-order valence-corrected chi connectivity index (χ3v) is 4.89. The summed E-state index contributed by atoms with van der Waals surface area (Å²) in [4.78, 5) is 14.6. The fourth-order valence-electron chi connectivity index (χ4n) is 3.28. The van der Waals surface area contributed by atoms with Gasteiger partial charge in [-0.25, -0.2) is 9.97 Å². The summed E-state index contributed by atoms with van der Waals surface area (Å²) in [5.41, 5.74) is 4.04. The number of hydrogen-bond donors (Lipinski definition) is 1. The molecule has 0 radical (unpaired) electrons. The molecule has 2 aromatic heterocycles. The number of aromatic amines is 1. The molecule has 0 aliphatic rings. The van der Waals surface area contributed by atoms with Crippen molar-refractivity contribution in [2.24, 2.45) is 0 Å². The summed E-state index contributed by atoms with van der Waals surface area (Å²) in [6.07, 6.45) is 3.61. The normalized spacial score (nSPS) is 11.3. The van der Waals surface area contributed by atoms with Gasteiger partial charge in [-0.2, -0.15) is 0 Å². The quantitative estimate of drug-likeness (QED) is 0.506. The number of rotatable bonds is 6. The monoisotopic (exact) mass is 392 g/mol. The maximum absolute atomic E-state index is 6.08. The van der Waals surface area contributed by atoms with Gasteiger partial charge in [0.2, 0.25) is 0 Å². The van der Waals surface area contributed by atoms with Crippen molar-refractivity contribution in [1.82, 2.24) is 19.9 Å². The Labute approximate surface area is 169 Å². The third-order valence-electron chi connectivity index (χ3n) is 4.64. The first-order chi connectivity index (χ1) is 13.6. The van der Waals surface area contributed by atoms with Crippen LogP contribution in [0.5, 0.6) is 5.75 Å². The summed E-state index contributed by atoms with van der Waals surface area (Å²) < 4.78 is 5.36. The highest BCUT2D eigenvalue weighted by Gasteiger charge is 2.13. The van der Waals surface area contributed by atoms with E-state index in [9.17, 15) is 0 Å². The van der Waals surface area contributed by atoms with Crippen LogP contribution in [-0.2, 0) is 13.1 Å². The van der Waals surface area contributed by atoms with Crippen LogP contribution in [0.15, 0.2) is 60.9 Å². The van der Waals surface area contributed by atoms with Gasteiger partial charge in [0.1, 0.15) is 11.6 Å². The molecule has 142 valence electrons. The van der Waals surface area contributed by atoms with Crippen molar-refractivity contribution < 1.29 is 4.74 Å². The van der Waals surface area contributed by atoms with E-state index in [-0.39, 0.29) is 0 Å². The predicted octanol–water partition coefficient (Wildman–Crippen LogP) is 4.92. The molecule has 0 spiro atoms. The van der Waals surface area contributed by atoms with Crippen LogP contribution in [0.1, 0.15) is 11.4 Å². The van der Waals surface area contributed by atoms with Crippen LogP contribution < -0.4 is 4.74 Å². The second-order valence-electron chi connectivity index (χ2n) is 6.77. The number of pyridine rings is 1. The molecule has 0 aliphatic heterocycles. The van der Waals surface area contributed by atoms with Crippen molar-refractivity contribution in [3.63, 3.8) is 0 Å². The van der Waals surface area contributed by atoms with Crippen LogP contribution in [0.4, 0.5) is 0 Å². The smallest absolute Gasteiger partial charge is 0.121 e. The minimum atomic E-state index is 0.711. The molecule has 0 amide bonds. The number of aromatic nitrogens is 3. The number of fused-ring (bicyclic) bond motifs is 1. The Morgan fingerprint density at radius 2 is 1.89 bits per heavy atom. The van der Waals surface area contributed by atoms with Gasteiger partial charge in [-0.3, -0.25) is 4.90 Å². The van der Waals surface area contributed by atoms with E-state index in [1.165, 1.54) is 0 Å². The van der Waals surface area contributed by atoms with E-state index in [2.05, 4.69) is 28.0 Å². The molecule has 0 bridgehead atoms. The van der Waals surface area contributed by atoms with Crippen LogP contribution in [0.3, 0.4) is 0 Å².